The Kier molecular flexibility index (Phi) is 8.26. The average molecular weight is 353 g/mol. The van der Waals surface area contributed by atoms with Crippen molar-refractivity contribution in [3.8, 4) is 0 Å². The van der Waals surface area contributed by atoms with Crippen molar-refractivity contribution in [2.45, 2.75) is 72.6 Å². The Labute approximate surface area is 158 Å². The van der Waals surface area contributed by atoms with Crippen LogP contribution in [0.1, 0.15) is 75.9 Å². The molecule has 0 saturated carbocycles. The lowest BCUT2D eigenvalue weighted by Gasteiger charge is -2.10. The van der Waals surface area contributed by atoms with Gasteiger partial charge < -0.3 is 0 Å². The molecule has 26 heavy (non-hydrogen) atoms. The van der Waals surface area contributed by atoms with Gasteiger partial charge >= 0.3 is 0 Å². The van der Waals surface area contributed by atoms with Crippen LogP contribution in [0.25, 0.3) is 0 Å². The quantitative estimate of drug-likeness (QED) is 0.450. The highest BCUT2D eigenvalue weighted by molar-refractivity contribution is 6.00. The summed E-state index contributed by atoms with van der Waals surface area (Å²) in [6, 6.07) is 10.6. The van der Waals surface area contributed by atoms with E-state index in [9.17, 15) is 0 Å². The summed E-state index contributed by atoms with van der Waals surface area (Å²) in [7, 11) is 0. The van der Waals surface area contributed by atoms with Gasteiger partial charge in [0.05, 0.1) is 5.71 Å². The van der Waals surface area contributed by atoms with Gasteiger partial charge in [0.1, 0.15) is 0 Å². The van der Waals surface area contributed by atoms with Crippen LogP contribution >= 0.6 is 0 Å². The Morgan fingerprint density at radius 3 is 2.31 bits per heavy atom. The molecular formula is C22H32N4. The summed E-state index contributed by atoms with van der Waals surface area (Å²) in [5, 5.41) is 4.57. The van der Waals surface area contributed by atoms with Crippen LogP contribution in [0.5, 0.6) is 0 Å². The topological polar surface area (TPSA) is 50.2 Å². The van der Waals surface area contributed by atoms with Crippen molar-refractivity contribution in [3.63, 3.8) is 0 Å². The van der Waals surface area contributed by atoms with E-state index in [4.69, 9.17) is 0 Å². The smallest absolute Gasteiger partial charge is 0.243 e. The van der Waals surface area contributed by atoms with Crippen LogP contribution in [0.4, 0.5) is 5.95 Å². The summed E-state index contributed by atoms with van der Waals surface area (Å²) in [5.41, 5.74) is 8.78. The molecule has 0 bridgehead atoms. The first-order chi connectivity index (χ1) is 12.7. The molecule has 1 aromatic carbocycles. The summed E-state index contributed by atoms with van der Waals surface area (Å²) >= 11 is 0. The van der Waals surface area contributed by atoms with Gasteiger partial charge in [-0.1, -0.05) is 64.3 Å². The van der Waals surface area contributed by atoms with Gasteiger partial charge in [0.25, 0.3) is 0 Å². The molecule has 0 fully saturated rings. The fourth-order valence-corrected chi connectivity index (χ4v) is 3.03. The normalized spacial score (nSPS) is 11.6. The second kappa shape index (κ2) is 10.7. The van der Waals surface area contributed by atoms with E-state index in [0.29, 0.717) is 5.95 Å². The number of rotatable bonds is 10. The third-order valence-corrected chi connectivity index (χ3v) is 4.37. The molecule has 0 amide bonds. The minimum atomic E-state index is 0.606. The molecule has 2 rings (SSSR count). The summed E-state index contributed by atoms with van der Waals surface area (Å²) in [6.45, 7) is 8.62. The van der Waals surface area contributed by atoms with Crippen molar-refractivity contribution in [1.82, 2.24) is 9.97 Å². The SMILES string of the molecule is CCCCc1cc(CCC)nc(NN=C(C)c2ccccc2CCC)n1. The Balaban J connectivity index is 2.21. The zero-order valence-electron chi connectivity index (χ0n) is 16.7. The Bertz CT molecular complexity index is 722. The van der Waals surface area contributed by atoms with Crippen molar-refractivity contribution < 1.29 is 0 Å². The molecule has 140 valence electrons. The third kappa shape index (κ3) is 5.94. The number of nitrogens with one attached hydrogen (secondary N) is 1. The number of hydrogen-bond donors (Lipinski definition) is 1. The first-order valence-electron chi connectivity index (χ1n) is 9.93. The zero-order chi connectivity index (χ0) is 18.8. The zero-order valence-corrected chi connectivity index (χ0v) is 16.7. The number of anilines is 1. The van der Waals surface area contributed by atoms with Gasteiger partial charge in [-0.15, -0.1) is 0 Å². The van der Waals surface area contributed by atoms with E-state index in [1.165, 1.54) is 17.5 Å². The fraction of sp³-hybridized carbons (Fsp3) is 0.500. The summed E-state index contributed by atoms with van der Waals surface area (Å²) in [5.74, 6) is 0.606. The highest BCUT2D eigenvalue weighted by Crippen LogP contribution is 2.14. The van der Waals surface area contributed by atoms with Gasteiger partial charge in [0, 0.05) is 17.0 Å². The molecule has 0 atom stereocenters. The van der Waals surface area contributed by atoms with E-state index in [1.807, 2.05) is 6.92 Å². The summed E-state index contributed by atoms with van der Waals surface area (Å²) in [4.78, 5) is 9.27. The number of aromatic nitrogens is 2. The van der Waals surface area contributed by atoms with Crippen molar-refractivity contribution in [1.29, 1.82) is 0 Å². The van der Waals surface area contributed by atoms with E-state index < -0.39 is 0 Å². The van der Waals surface area contributed by atoms with Gasteiger partial charge in [-0.05, 0) is 44.2 Å². The van der Waals surface area contributed by atoms with Crippen molar-refractivity contribution in [2.75, 3.05) is 5.43 Å². The maximum absolute atomic E-state index is 4.65. The maximum Gasteiger partial charge on any atom is 0.243 e. The summed E-state index contributed by atoms with van der Waals surface area (Å²) in [6.07, 6.45) is 7.55. The van der Waals surface area contributed by atoms with Crippen LogP contribution in [-0.2, 0) is 19.3 Å². The van der Waals surface area contributed by atoms with E-state index in [0.717, 1.165) is 55.6 Å². The number of hydrazone groups is 1. The monoisotopic (exact) mass is 352 g/mol. The molecule has 4 nitrogen and oxygen atoms in total. The van der Waals surface area contributed by atoms with E-state index in [-0.39, 0.29) is 0 Å². The Morgan fingerprint density at radius 1 is 0.923 bits per heavy atom. The lowest BCUT2D eigenvalue weighted by molar-refractivity contribution is 0.765. The van der Waals surface area contributed by atoms with Crippen molar-refractivity contribution in [2.24, 2.45) is 5.10 Å². The van der Waals surface area contributed by atoms with E-state index in [1.54, 1.807) is 0 Å². The van der Waals surface area contributed by atoms with Crippen LogP contribution in [0.3, 0.4) is 0 Å². The number of hydrogen-bond acceptors (Lipinski definition) is 4. The molecule has 0 spiro atoms. The lowest BCUT2D eigenvalue weighted by Crippen LogP contribution is -2.07. The molecule has 2 aromatic rings. The highest BCUT2D eigenvalue weighted by Gasteiger charge is 2.07. The molecule has 0 aliphatic heterocycles. The molecular weight excluding hydrogens is 320 g/mol. The minimum Gasteiger partial charge on any atom is -0.245 e. The Morgan fingerprint density at radius 2 is 1.62 bits per heavy atom. The number of unbranched alkanes of at least 4 members (excludes halogenated alkanes) is 1. The first kappa shape index (κ1) is 20.1. The minimum absolute atomic E-state index is 0.606. The van der Waals surface area contributed by atoms with Crippen molar-refractivity contribution in [3.05, 3.63) is 52.8 Å². The van der Waals surface area contributed by atoms with Crippen LogP contribution in [0, 0.1) is 0 Å². The largest absolute Gasteiger partial charge is 0.245 e. The lowest BCUT2D eigenvalue weighted by atomic mass is 10.0. The molecule has 1 N–H and O–H groups in total. The first-order valence-corrected chi connectivity index (χ1v) is 9.93. The molecule has 0 aliphatic rings. The van der Waals surface area contributed by atoms with Crippen LogP contribution in [-0.4, -0.2) is 15.7 Å². The predicted molar refractivity (Wildman–Crippen MR) is 111 cm³/mol. The predicted octanol–water partition coefficient (Wildman–Crippen LogP) is 5.56. The molecule has 4 heteroatoms. The van der Waals surface area contributed by atoms with Crippen molar-refractivity contribution >= 4 is 11.7 Å². The van der Waals surface area contributed by atoms with E-state index >= 15 is 0 Å². The molecule has 0 unspecified atom stereocenters. The summed E-state index contributed by atoms with van der Waals surface area (Å²) < 4.78 is 0. The van der Waals surface area contributed by atoms with E-state index in [2.05, 4.69) is 71.6 Å². The van der Waals surface area contributed by atoms with Gasteiger partial charge in [-0.25, -0.2) is 15.4 Å². The number of benzene rings is 1. The van der Waals surface area contributed by atoms with Gasteiger partial charge in [-0.3, -0.25) is 0 Å². The van der Waals surface area contributed by atoms with Crippen LogP contribution in [0.15, 0.2) is 35.4 Å². The number of nitrogens with zero attached hydrogens (tertiary/aromatic N) is 3. The van der Waals surface area contributed by atoms with Crippen LogP contribution in [0.2, 0.25) is 0 Å². The second-order valence-corrected chi connectivity index (χ2v) is 6.74. The molecule has 0 aliphatic carbocycles. The molecule has 0 saturated heterocycles. The highest BCUT2D eigenvalue weighted by atomic mass is 15.4. The Hall–Kier alpha value is -2.23. The molecule has 1 aromatic heterocycles. The van der Waals surface area contributed by atoms with Crippen LogP contribution < -0.4 is 5.43 Å². The van der Waals surface area contributed by atoms with Gasteiger partial charge in [0.15, 0.2) is 0 Å². The number of aryl methyl sites for hydroxylation is 3. The average Bonchev–Trinajstić information content (AvgIpc) is 2.65. The molecule has 1 heterocycles. The standard InChI is InChI=1S/C22H32N4/c1-5-8-14-20-16-19(12-7-3)23-22(24-20)26-25-17(4)21-15-10-9-13-18(21)11-6-2/h9-10,13,15-16H,5-8,11-12,14H2,1-4H3,(H,23,24,26). The van der Waals surface area contributed by atoms with Gasteiger partial charge in [0.2, 0.25) is 5.95 Å². The fourth-order valence-electron chi connectivity index (χ4n) is 3.03. The third-order valence-electron chi connectivity index (χ3n) is 4.37. The molecule has 0 radical (unpaired) electrons. The maximum atomic E-state index is 4.65. The van der Waals surface area contributed by atoms with Gasteiger partial charge in [-0.2, -0.15) is 5.10 Å². The second-order valence-electron chi connectivity index (χ2n) is 6.74.